The van der Waals surface area contributed by atoms with Gasteiger partial charge >= 0.3 is 23.9 Å². The molecule has 4 aromatic carbocycles. The average molecular weight is 797 g/mol. The second-order valence-electron chi connectivity index (χ2n) is 12.5. The van der Waals surface area contributed by atoms with Crippen LogP contribution in [0.3, 0.4) is 0 Å². The third-order valence-corrected chi connectivity index (χ3v) is 8.76. The van der Waals surface area contributed by atoms with Gasteiger partial charge in [-0.15, -0.1) is 10.1 Å². The summed E-state index contributed by atoms with van der Waals surface area (Å²) in [5, 5.41) is 14.3. The number of aryl methyl sites for hydroxylation is 2. The molecule has 0 aromatic heterocycles. The van der Waals surface area contributed by atoms with Crippen LogP contribution in [-0.2, 0) is 43.0 Å². The van der Waals surface area contributed by atoms with Crippen molar-refractivity contribution in [1.29, 1.82) is 0 Å². The van der Waals surface area contributed by atoms with Crippen molar-refractivity contribution >= 4 is 61.4 Å². The zero-order chi connectivity index (χ0) is 38.8. The number of unbranched alkanes of at least 4 members (excludes halogenated alkanes) is 2. The predicted molar refractivity (Wildman–Crippen MR) is 203 cm³/mol. The monoisotopic (exact) mass is 795 g/mol. The van der Waals surface area contributed by atoms with Crippen molar-refractivity contribution in [3.8, 4) is 0 Å². The first-order chi connectivity index (χ1) is 25.4. The molecule has 0 amide bonds. The lowest BCUT2D eigenvalue weighted by atomic mass is 9.97. The largest absolute Gasteiger partial charge is 0.463 e. The Morgan fingerprint density at radius 3 is 1.43 bits per heavy atom. The summed E-state index contributed by atoms with van der Waals surface area (Å²) in [6.07, 6.45) is 2.52. The molecule has 0 saturated carbocycles. The Morgan fingerprint density at radius 2 is 1.00 bits per heavy atom. The number of nitrogens with zero attached hydrogens (tertiary/aromatic N) is 1. The summed E-state index contributed by atoms with van der Waals surface area (Å²) in [4.78, 5) is 61.7. The molecule has 0 radical (unpaired) electrons. The highest BCUT2D eigenvalue weighted by Crippen LogP contribution is 2.25. The first kappa shape index (κ1) is 42.4. The Labute approximate surface area is 317 Å². The van der Waals surface area contributed by atoms with Gasteiger partial charge in [0.25, 0.3) is 5.09 Å². The molecule has 0 saturated heterocycles. The van der Waals surface area contributed by atoms with Crippen molar-refractivity contribution in [1.82, 2.24) is 0 Å². The summed E-state index contributed by atoms with van der Waals surface area (Å²) >= 11 is 3.31. The van der Waals surface area contributed by atoms with E-state index >= 15 is 0 Å². The minimum absolute atomic E-state index is 0.0532. The van der Waals surface area contributed by atoms with Gasteiger partial charge in [-0.3, -0.25) is 9.59 Å². The lowest BCUT2D eigenvalue weighted by Gasteiger charge is -2.13. The maximum Gasteiger partial charge on any atom is 0.344 e. The average Bonchev–Trinajstić information content (AvgIpc) is 3.15. The van der Waals surface area contributed by atoms with Crippen LogP contribution in [0.25, 0.3) is 21.5 Å². The van der Waals surface area contributed by atoms with Gasteiger partial charge in [-0.05, 0) is 86.1 Å². The number of hydrogen-bond acceptors (Lipinski definition) is 11. The molecule has 0 spiro atoms. The van der Waals surface area contributed by atoms with E-state index in [9.17, 15) is 29.3 Å². The number of ether oxygens (including phenoxy) is 4. The van der Waals surface area contributed by atoms with Crippen LogP contribution in [0, 0.1) is 24.0 Å². The Bertz CT molecular complexity index is 1860. The molecule has 0 heterocycles. The van der Waals surface area contributed by atoms with Gasteiger partial charge in [-0.1, -0.05) is 99.9 Å². The summed E-state index contributed by atoms with van der Waals surface area (Å²) in [5.41, 5.74) is 4.03. The molecule has 12 nitrogen and oxygen atoms in total. The van der Waals surface area contributed by atoms with Crippen molar-refractivity contribution < 1.29 is 48.0 Å². The molecule has 2 unspecified atom stereocenters. The first-order valence-corrected chi connectivity index (χ1v) is 18.5. The van der Waals surface area contributed by atoms with Gasteiger partial charge in [-0.2, -0.15) is 0 Å². The second-order valence-corrected chi connectivity index (χ2v) is 13.3. The number of benzene rings is 4. The van der Waals surface area contributed by atoms with Gasteiger partial charge in [0.15, 0.2) is 13.2 Å². The van der Waals surface area contributed by atoms with E-state index in [2.05, 4.69) is 32.9 Å². The molecule has 13 heteroatoms. The van der Waals surface area contributed by atoms with Crippen molar-refractivity contribution in [2.45, 2.75) is 65.2 Å². The molecule has 0 bridgehead atoms. The summed E-state index contributed by atoms with van der Waals surface area (Å²) < 4.78 is 20.0. The minimum atomic E-state index is -0.872. The van der Waals surface area contributed by atoms with Crippen molar-refractivity contribution in [3.63, 3.8) is 0 Å². The normalized spacial score (nSPS) is 11.8. The van der Waals surface area contributed by atoms with Crippen LogP contribution in [-0.4, -0.2) is 67.3 Å². The molecule has 0 aliphatic heterocycles. The molecule has 0 aliphatic carbocycles. The minimum Gasteiger partial charge on any atom is -0.463 e. The van der Waals surface area contributed by atoms with Gasteiger partial charge in [0, 0.05) is 5.33 Å². The highest BCUT2D eigenvalue weighted by atomic mass is 79.9. The Morgan fingerprint density at radius 1 is 0.604 bits per heavy atom. The summed E-state index contributed by atoms with van der Waals surface area (Å²) in [6.45, 7) is 7.13. The van der Waals surface area contributed by atoms with E-state index in [4.69, 9.17) is 18.9 Å². The number of esters is 4. The number of carbonyl (C=O) groups is 4. The zero-order valence-corrected chi connectivity index (χ0v) is 32.1. The van der Waals surface area contributed by atoms with Crippen LogP contribution in [0.15, 0.2) is 72.8 Å². The fraction of sp³-hybridized carbons (Fsp3) is 0.400. The van der Waals surface area contributed by atoms with Crippen molar-refractivity contribution in [2.75, 3.05) is 38.4 Å². The van der Waals surface area contributed by atoms with Crippen LogP contribution in [0.4, 0.5) is 0 Å². The summed E-state index contributed by atoms with van der Waals surface area (Å²) in [5.74, 6) is -3.06. The molecule has 284 valence electrons. The second kappa shape index (κ2) is 22.1. The number of rotatable bonds is 18. The fourth-order valence-corrected chi connectivity index (χ4v) is 5.48. The van der Waals surface area contributed by atoms with Crippen LogP contribution in [0.2, 0.25) is 0 Å². The van der Waals surface area contributed by atoms with E-state index in [0.29, 0.717) is 19.4 Å². The van der Waals surface area contributed by atoms with E-state index in [-0.39, 0.29) is 19.8 Å². The first-order valence-electron chi connectivity index (χ1n) is 17.4. The molecule has 4 aromatic rings. The Balaban J connectivity index is 0.000000287. The molecule has 2 atom stereocenters. The number of halogens is 1. The van der Waals surface area contributed by atoms with Crippen LogP contribution < -0.4 is 0 Å². The van der Waals surface area contributed by atoms with E-state index in [1.165, 1.54) is 5.56 Å². The third-order valence-electron chi connectivity index (χ3n) is 8.20. The number of alkyl halides is 1. The topological polar surface area (TPSA) is 158 Å². The molecule has 4 rings (SSSR count). The summed E-state index contributed by atoms with van der Waals surface area (Å²) in [7, 11) is 0. The van der Waals surface area contributed by atoms with Gasteiger partial charge in [0.05, 0.1) is 31.7 Å². The van der Waals surface area contributed by atoms with Gasteiger partial charge in [0.2, 0.25) is 0 Å². The highest BCUT2D eigenvalue weighted by molar-refractivity contribution is 9.09. The van der Waals surface area contributed by atoms with Gasteiger partial charge < -0.3 is 23.8 Å². The highest BCUT2D eigenvalue weighted by Gasteiger charge is 2.20. The van der Waals surface area contributed by atoms with Gasteiger partial charge in [-0.25, -0.2) is 9.59 Å². The van der Waals surface area contributed by atoms with Crippen LogP contribution in [0.1, 0.15) is 73.6 Å². The number of fused-ring (bicyclic) bond motifs is 2. The van der Waals surface area contributed by atoms with Crippen molar-refractivity contribution in [2.24, 2.45) is 0 Å². The maximum atomic E-state index is 12.2. The van der Waals surface area contributed by atoms with Crippen molar-refractivity contribution in [3.05, 3.63) is 105 Å². The van der Waals surface area contributed by atoms with Gasteiger partial charge in [0.1, 0.15) is 0 Å². The zero-order valence-electron chi connectivity index (χ0n) is 30.5. The molecule has 0 aliphatic rings. The number of hydrogen-bond donors (Lipinski definition) is 0. The van der Waals surface area contributed by atoms with Crippen LogP contribution in [0.5, 0.6) is 0 Å². The van der Waals surface area contributed by atoms with Crippen LogP contribution >= 0.6 is 15.9 Å². The molecular weight excluding hydrogens is 750 g/mol. The van der Waals surface area contributed by atoms with E-state index in [0.717, 1.165) is 56.4 Å². The SMILES string of the molecule is Cc1ccc2cc(C(C)C(=O)OCC(=O)OCCCCBr)ccc2c1.Cc1ccc2cc(C(C)C(=O)OCC(=O)OCCCCO[N+](=O)[O-])ccc2c1. The van der Waals surface area contributed by atoms with E-state index in [1.54, 1.807) is 13.8 Å². The summed E-state index contributed by atoms with van der Waals surface area (Å²) in [6, 6.07) is 23.9. The Hall–Kier alpha value is -5.04. The fourth-order valence-electron chi connectivity index (χ4n) is 5.08. The van der Waals surface area contributed by atoms with E-state index in [1.807, 2.05) is 74.5 Å². The smallest absolute Gasteiger partial charge is 0.344 e. The number of carbonyl (C=O) groups excluding carboxylic acids is 4. The lowest BCUT2D eigenvalue weighted by Crippen LogP contribution is -2.20. The standard InChI is InChI=1S/C20H23BrO4.C20H23NO7/c1-14-5-6-18-12-16(7-8-17(18)11-14)15(2)20(23)25-13-19(22)24-10-4-3-9-21;1-14-5-6-18-12-16(7-8-17(18)11-14)15(2)20(23)27-13-19(22)26-9-3-4-10-28-21(24)25/h5-8,11-12,15H,3-4,9-10,13H2,1-2H3;5-8,11-12,15H,3-4,9-10,13H2,1-2H3. The lowest BCUT2D eigenvalue weighted by molar-refractivity contribution is -0.757. The molecule has 53 heavy (non-hydrogen) atoms. The quantitative estimate of drug-likeness (QED) is 0.0241. The molecule has 0 N–H and O–H groups in total. The molecule has 0 fully saturated rings. The predicted octanol–water partition coefficient (Wildman–Crippen LogP) is 7.84. The van der Waals surface area contributed by atoms with E-state index < -0.39 is 47.4 Å². The third kappa shape index (κ3) is 14.8. The Kier molecular flexibility index (Phi) is 17.7. The molecular formula is C40H46BrNO11. The maximum absolute atomic E-state index is 12.2.